The predicted octanol–water partition coefficient (Wildman–Crippen LogP) is 2.68. The van der Waals surface area contributed by atoms with Gasteiger partial charge in [0, 0.05) is 11.5 Å². The van der Waals surface area contributed by atoms with Crippen LogP contribution in [0.5, 0.6) is 0 Å². The largest absolute Gasteiger partial charge is 0.349 e. The molecule has 0 aromatic carbocycles. The lowest BCUT2D eigenvalue weighted by molar-refractivity contribution is 0.0920. The average molecular weight is 305 g/mol. The second-order valence-electron chi connectivity index (χ2n) is 7.56. The first kappa shape index (κ1) is 16.7. The van der Waals surface area contributed by atoms with Crippen LogP contribution in [0.3, 0.4) is 0 Å². The van der Waals surface area contributed by atoms with E-state index in [4.69, 9.17) is 0 Å². The summed E-state index contributed by atoms with van der Waals surface area (Å²) in [5.41, 5.74) is 0.0411. The van der Waals surface area contributed by atoms with Gasteiger partial charge in [-0.25, -0.2) is 4.98 Å². The fourth-order valence-corrected chi connectivity index (χ4v) is 2.87. The van der Waals surface area contributed by atoms with E-state index in [1.807, 2.05) is 20.8 Å². The third kappa shape index (κ3) is 3.76. The lowest BCUT2D eigenvalue weighted by Crippen LogP contribution is -2.40. The van der Waals surface area contributed by atoms with Gasteiger partial charge < -0.3 is 10.3 Å². The first-order valence-corrected chi connectivity index (χ1v) is 8.10. The lowest BCUT2D eigenvalue weighted by atomic mass is 9.87. The van der Waals surface area contributed by atoms with Crippen molar-refractivity contribution in [2.75, 3.05) is 0 Å². The van der Waals surface area contributed by atoms with Gasteiger partial charge in [0.25, 0.3) is 11.5 Å². The highest BCUT2D eigenvalue weighted by Crippen LogP contribution is 2.23. The second kappa shape index (κ2) is 6.23. The molecule has 1 fully saturated rings. The van der Waals surface area contributed by atoms with Gasteiger partial charge in [-0.05, 0) is 38.5 Å². The molecule has 5 heteroatoms. The van der Waals surface area contributed by atoms with Crippen molar-refractivity contribution in [2.45, 2.75) is 71.8 Å². The number of H-pyrrole nitrogens is 1. The Morgan fingerprint density at radius 3 is 2.32 bits per heavy atom. The molecule has 0 spiro atoms. The summed E-state index contributed by atoms with van der Waals surface area (Å²) in [6.07, 6.45) is 4.22. The molecular formula is C17H27N3O2. The van der Waals surface area contributed by atoms with Crippen LogP contribution >= 0.6 is 0 Å². The Labute approximate surface area is 131 Å². The van der Waals surface area contributed by atoms with Crippen molar-refractivity contribution >= 4 is 5.91 Å². The molecule has 1 aliphatic rings. The van der Waals surface area contributed by atoms with Gasteiger partial charge in [0.15, 0.2) is 0 Å². The highest BCUT2D eigenvalue weighted by atomic mass is 16.2. The van der Waals surface area contributed by atoms with Crippen molar-refractivity contribution in [2.24, 2.45) is 5.92 Å². The number of amides is 1. The molecule has 0 radical (unpaired) electrons. The van der Waals surface area contributed by atoms with Gasteiger partial charge in [-0.3, -0.25) is 9.59 Å². The second-order valence-corrected chi connectivity index (χ2v) is 7.56. The van der Waals surface area contributed by atoms with Gasteiger partial charge in [0.1, 0.15) is 11.4 Å². The van der Waals surface area contributed by atoms with E-state index in [0.717, 1.165) is 31.6 Å². The zero-order valence-electron chi connectivity index (χ0n) is 14.2. The Balaban J connectivity index is 2.18. The van der Waals surface area contributed by atoms with Crippen molar-refractivity contribution in [1.82, 2.24) is 15.3 Å². The number of hydrogen-bond acceptors (Lipinski definition) is 3. The molecule has 1 amide bonds. The number of nitrogens with one attached hydrogen (secondary N) is 2. The van der Waals surface area contributed by atoms with Crippen molar-refractivity contribution < 1.29 is 4.79 Å². The summed E-state index contributed by atoms with van der Waals surface area (Å²) in [6, 6.07) is 0.171. The fraction of sp³-hybridized carbons (Fsp3) is 0.706. The van der Waals surface area contributed by atoms with Crippen molar-refractivity contribution in [3.63, 3.8) is 0 Å². The Morgan fingerprint density at radius 1 is 1.23 bits per heavy atom. The van der Waals surface area contributed by atoms with Gasteiger partial charge in [0.05, 0.1) is 5.69 Å². The number of carbonyl (C=O) groups is 1. The quantitative estimate of drug-likeness (QED) is 0.882. The molecule has 1 saturated carbocycles. The predicted molar refractivity (Wildman–Crippen MR) is 87.2 cm³/mol. The molecule has 2 N–H and O–H groups in total. The molecule has 1 heterocycles. The van der Waals surface area contributed by atoms with E-state index >= 15 is 0 Å². The van der Waals surface area contributed by atoms with Gasteiger partial charge >= 0.3 is 0 Å². The number of aromatic nitrogens is 2. The minimum atomic E-state index is -0.348. The van der Waals surface area contributed by atoms with Gasteiger partial charge in [-0.2, -0.15) is 0 Å². The SMILES string of the molecule is Cc1nc(C(C)(C)C)[nH]c(=O)c1C(=O)NC1CCC(C)CC1. The molecule has 0 bridgehead atoms. The maximum atomic E-state index is 12.4. The van der Waals surface area contributed by atoms with Crippen LogP contribution in [0.1, 0.15) is 75.3 Å². The highest BCUT2D eigenvalue weighted by Gasteiger charge is 2.25. The van der Waals surface area contributed by atoms with E-state index in [2.05, 4.69) is 22.2 Å². The summed E-state index contributed by atoms with van der Waals surface area (Å²) in [5, 5.41) is 3.00. The number of carbonyl (C=O) groups excluding carboxylic acids is 1. The van der Waals surface area contributed by atoms with E-state index in [-0.39, 0.29) is 28.5 Å². The van der Waals surface area contributed by atoms with E-state index < -0.39 is 0 Å². The first-order valence-electron chi connectivity index (χ1n) is 8.10. The zero-order chi connectivity index (χ0) is 16.5. The molecule has 2 rings (SSSR count). The smallest absolute Gasteiger partial charge is 0.264 e. The topological polar surface area (TPSA) is 74.8 Å². The average Bonchev–Trinajstić information content (AvgIpc) is 2.39. The van der Waals surface area contributed by atoms with Gasteiger partial charge in [-0.1, -0.05) is 27.7 Å². The van der Waals surface area contributed by atoms with Gasteiger partial charge in [0.2, 0.25) is 0 Å². The molecule has 0 saturated heterocycles. The third-order valence-corrected chi connectivity index (χ3v) is 4.39. The summed E-state index contributed by atoms with van der Waals surface area (Å²) < 4.78 is 0. The van der Waals surface area contributed by atoms with E-state index in [1.165, 1.54) is 0 Å². The maximum Gasteiger partial charge on any atom is 0.264 e. The van der Waals surface area contributed by atoms with Crippen LogP contribution in [0.4, 0.5) is 0 Å². The highest BCUT2D eigenvalue weighted by molar-refractivity contribution is 5.95. The minimum absolute atomic E-state index is 0.145. The lowest BCUT2D eigenvalue weighted by Gasteiger charge is -2.27. The summed E-state index contributed by atoms with van der Waals surface area (Å²) in [7, 11) is 0. The number of rotatable bonds is 2. The minimum Gasteiger partial charge on any atom is -0.349 e. The summed E-state index contributed by atoms with van der Waals surface area (Å²) >= 11 is 0. The van der Waals surface area contributed by atoms with Crippen LogP contribution in [-0.2, 0) is 5.41 Å². The molecule has 1 aromatic heterocycles. The van der Waals surface area contributed by atoms with Crippen molar-refractivity contribution in [3.8, 4) is 0 Å². The van der Waals surface area contributed by atoms with Crippen molar-refractivity contribution in [1.29, 1.82) is 0 Å². The molecule has 0 aliphatic heterocycles. The Bertz CT molecular complexity index is 605. The van der Waals surface area contributed by atoms with Crippen LogP contribution in [0.15, 0.2) is 4.79 Å². The Kier molecular flexibility index (Phi) is 4.73. The fourth-order valence-electron chi connectivity index (χ4n) is 2.87. The molecule has 0 atom stereocenters. The van der Waals surface area contributed by atoms with Crippen LogP contribution < -0.4 is 10.9 Å². The molecular weight excluding hydrogens is 278 g/mol. The zero-order valence-corrected chi connectivity index (χ0v) is 14.2. The van der Waals surface area contributed by atoms with Crippen molar-refractivity contribution in [3.05, 3.63) is 27.4 Å². The maximum absolute atomic E-state index is 12.4. The summed E-state index contributed by atoms with van der Waals surface area (Å²) in [5.74, 6) is 1.04. The number of hydrogen-bond donors (Lipinski definition) is 2. The third-order valence-electron chi connectivity index (χ3n) is 4.39. The Morgan fingerprint density at radius 2 is 1.82 bits per heavy atom. The molecule has 22 heavy (non-hydrogen) atoms. The van der Waals surface area contributed by atoms with E-state index in [0.29, 0.717) is 11.5 Å². The number of nitrogens with zero attached hydrogens (tertiary/aromatic N) is 1. The monoisotopic (exact) mass is 305 g/mol. The van der Waals surface area contributed by atoms with Crippen LogP contribution in [-0.4, -0.2) is 21.9 Å². The Hall–Kier alpha value is -1.65. The molecule has 1 aromatic rings. The van der Waals surface area contributed by atoms with Crippen LogP contribution in [0.2, 0.25) is 0 Å². The molecule has 1 aliphatic carbocycles. The molecule has 5 nitrogen and oxygen atoms in total. The normalized spacial score (nSPS) is 22.4. The number of aryl methyl sites for hydroxylation is 1. The summed E-state index contributed by atoms with van der Waals surface area (Å²) in [6.45, 7) is 9.90. The molecule has 0 unspecified atom stereocenters. The van der Waals surface area contributed by atoms with E-state index in [9.17, 15) is 9.59 Å². The van der Waals surface area contributed by atoms with Crippen LogP contribution in [0.25, 0.3) is 0 Å². The first-order chi connectivity index (χ1) is 10.2. The van der Waals surface area contributed by atoms with E-state index in [1.54, 1.807) is 6.92 Å². The standard InChI is InChI=1S/C17H27N3O2/c1-10-6-8-12(9-7-10)19-14(21)13-11(2)18-16(17(3,4)5)20-15(13)22/h10,12H,6-9H2,1-5H3,(H,19,21)(H,18,20,22). The van der Waals surface area contributed by atoms with Gasteiger partial charge in [-0.15, -0.1) is 0 Å². The summed E-state index contributed by atoms with van der Waals surface area (Å²) in [4.78, 5) is 31.9. The van der Waals surface area contributed by atoms with Crippen LogP contribution in [0, 0.1) is 12.8 Å². The number of aromatic amines is 1. The molecule has 122 valence electrons.